The van der Waals surface area contributed by atoms with Crippen molar-refractivity contribution in [3.63, 3.8) is 0 Å². The number of carbonyl (C=O) groups is 1. The van der Waals surface area contributed by atoms with Crippen LogP contribution in [0.15, 0.2) is 42.5 Å². The summed E-state index contributed by atoms with van der Waals surface area (Å²) in [6.07, 6.45) is 0. The first-order valence-electron chi connectivity index (χ1n) is 5.91. The number of rotatable bonds is 5. The number of ether oxygens (including phenoxy) is 1. The van der Waals surface area contributed by atoms with Crippen molar-refractivity contribution in [2.24, 2.45) is 0 Å². The van der Waals surface area contributed by atoms with Crippen LogP contribution in [-0.4, -0.2) is 17.5 Å². The number of hydrogen-bond acceptors (Lipinski definition) is 3. The second kappa shape index (κ2) is 6.75. The van der Waals surface area contributed by atoms with Gasteiger partial charge in [0, 0.05) is 10.6 Å². The first kappa shape index (κ1) is 14.9. The van der Waals surface area contributed by atoms with Crippen molar-refractivity contribution in [3.8, 4) is 5.75 Å². The molecule has 0 heterocycles. The van der Waals surface area contributed by atoms with Crippen molar-refractivity contribution < 1.29 is 14.6 Å². The molecule has 5 heteroatoms. The number of Topliss-reactive ketones (excluding diaryl/α,β-unsaturated/α-hetero) is 1. The highest BCUT2D eigenvalue weighted by Gasteiger charge is 2.12. The van der Waals surface area contributed by atoms with E-state index in [4.69, 9.17) is 33.0 Å². The molecule has 0 aliphatic carbocycles. The lowest BCUT2D eigenvalue weighted by atomic mass is 10.1. The summed E-state index contributed by atoms with van der Waals surface area (Å²) < 4.78 is 5.40. The van der Waals surface area contributed by atoms with Gasteiger partial charge in [-0.3, -0.25) is 4.79 Å². The van der Waals surface area contributed by atoms with Crippen molar-refractivity contribution >= 4 is 29.0 Å². The van der Waals surface area contributed by atoms with E-state index in [0.29, 0.717) is 21.4 Å². The molecule has 0 bridgehead atoms. The van der Waals surface area contributed by atoms with Gasteiger partial charge in [0.05, 0.1) is 11.6 Å². The van der Waals surface area contributed by atoms with Crippen LogP contribution in [0.25, 0.3) is 0 Å². The maximum atomic E-state index is 12.0. The number of carbonyl (C=O) groups excluding carboxylic acids is 1. The van der Waals surface area contributed by atoms with Crippen LogP contribution < -0.4 is 4.74 Å². The van der Waals surface area contributed by atoms with Crippen LogP contribution in [0.2, 0.25) is 10.0 Å². The van der Waals surface area contributed by atoms with E-state index in [1.54, 1.807) is 36.4 Å². The van der Waals surface area contributed by atoms with Crippen LogP contribution in [0.3, 0.4) is 0 Å². The zero-order chi connectivity index (χ0) is 14.5. The molecule has 2 aromatic rings. The van der Waals surface area contributed by atoms with Gasteiger partial charge >= 0.3 is 0 Å². The topological polar surface area (TPSA) is 46.5 Å². The van der Waals surface area contributed by atoms with Crippen LogP contribution in [0, 0.1) is 0 Å². The highest BCUT2D eigenvalue weighted by molar-refractivity contribution is 6.35. The molecule has 0 saturated carbocycles. The SMILES string of the molecule is O=C(COc1cccc(CO)c1)c1cc(Cl)ccc1Cl. The summed E-state index contributed by atoms with van der Waals surface area (Å²) in [5, 5.41) is 9.81. The summed E-state index contributed by atoms with van der Waals surface area (Å²) in [7, 11) is 0. The molecule has 0 atom stereocenters. The minimum Gasteiger partial charge on any atom is -0.485 e. The second-order valence-corrected chi connectivity index (χ2v) is 4.99. The van der Waals surface area contributed by atoms with Gasteiger partial charge in [0.1, 0.15) is 5.75 Å². The largest absolute Gasteiger partial charge is 0.485 e. The number of aliphatic hydroxyl groups is 1. The normalized spacial score (nSPS) is 10.3. The third-order valence-electron chi connectivity index (χ3n) is 2.68. The Morgan fingerprint density at radius 1 is 1.15 bits per heavy atom. The molecule has 0 spiro atoms. The summed E-state index contributed by atoms with van der Waals surface area (Å²) >= 11 is 11.8. The lowest BCUT2D eigenvalue weighted by molar-refractivity contribution is 0.0921. The van der Waals surface area contributed by atoms with Crippen molar-refractivity contribution in [2.45, 2.75) is 6.61 Å². The van der Waals surface area contributed by atoms with Crippen molar-refractivity contribution in [1.82, 2.24) is 0 Å². The maximum Gasteiger partial charge on any atom is 0.201 e. The molecule has 0 aromatic heterocycles. The molecule has 0 aliphatic rings. The fraction of sp³-hybridized carbons (Fsp3) is 0.133. The molecule has 0 unspecified atom stereocenters. The molecule has 2 rings (SSSR count). The van der Waals surface area contributed by atoms with Gasteiger partial charge in [-0.15, -0.1) is 0 Å². The lowest BCUT2D eigenvalue weighted by Gasteiger charge is -2.08. The maximum absolute atomic E-state index is 12.0. The van der Waals surface area contributed by atoms with Crippen molar-refractivity contribution in [2.75, 3.05) is 6.61 Å². The Bertz CT molecular complexity index is 626. The molecule has 2 aromatic carbocycles. The van der Waals surface area contributed by atoms with Crippen LogP contribution in [0.4, 0.5) is 0 Å². The summed E-state index contributed by atoms with van der Waals surface area (Å²) in [4.78, 5) is 12.0. The summed E-state index contributed by atoms with van der Waals surface area (Å²) in [6, 6.07) is 11.6. The molecule has 3 nitrogen and oxygen atoms in total. The molecule has 20 heavy (non-hydrogen) atoms. The number of hydrogen-bond donors (Lipinski definition) is 1. The van der Waals surface area contributed by atoms with Crippen LogP contribution in [0.1, 0.15) is 15.9 Å². The number of benzene rings is 2. The van der Waals surface area contributed by atoms with Gasteiger partial charge in [-0.25, -0.2) is 0 Å². The summed E-state index contributed by atoms with van der Waals surface area (Å²) in [6.45, 7) is -0.222. The Labute approximate surface area is 126 Å². The number of halogens is 2. The average Bonchev–Trinajstić information content (AvgIpc) is 2.47. The summed E-state index contributed by atoms with van der Waals surface area (Å²) in [5.41, 5.74) is 1.05. The number of aliphatic hydroxyl groups excluding tert-OH is 1. The van der Waals surface area contributed by atoms with E-state index in [0.717, 1.165) is 5.56 Å². The van der Waals surface area contributed by atoms with Gasteiger partial charge in [0.2, 0.25) is 5.78 Å². The van der Waals surface area contributed by atoms with E-state index in [1.165, 1.54) is 6.07 Å². The van der Waals surface area contributed by atoms with E-state index < -0.39 is 0 Å². The second-order valence-electron chi connectivity index (χ2n) is 4.14. The minimum absolute atomic E-state index is 0.0781. The first-order chi connectivity index (χ1) is 9.60. The number of ketones is 1. The van der Waals surface area contributed by atoms with Gasteiger partial charge < -0.3 is 9.84 Å². The Hall–Kier alpha value is -1.55. The van der Waals surface area contributed by atoms with Crippen molar-refractivity contribution in [1.29, 1.82) is 0 Å². The molecule has 1 N–H and O–H groups in total. The standard InChI is InChI=1S/C15H12Cl2O3/c16-11-4-5-14(17)13(7-11)15(19)9-20-12-3-1-2-10(6-12)8-18/h1-7,18H,8-9H2. The van der Waals surface area contributed by atoms with Crippen LogP contribution in [-0.2, 0) is 6.61 Å². The van der Waals surface area contributed by atoms with Crippen LogP contribution >= 0.6 is 23.2 Å². The average molecular weight is 311 g/mol. The predicted molar refractivity (Wildman–Crippen MR) is 78.7 cm³/mol. The third kappa shape index (κ3) is 3.73. The van der Waals surface area contributed by atoms with Gasteiger partial charge in [0.15, 0.2) is 6.61 Å². The molecule has 104 valence electrons. The van der Waals surface area contributed by atoms with E-state index in [1.807, 2.05) is 0 Å². The smallest absolute Gasteiger partial charge is 0.201 e. The zero-order valence-corrected chi connectivity index (χ0v) is 12.0. The Morgan fingerprint density at radius 2 is 1.95 bits per heavy atom. The Balaban J connectivity index is 2.06. The van der Waals surface area contributed by atoms with Gasteiger partial charge in [-0.05, 0) is 35.9 Å². The van der Waals surface area contributed by atoms with Gasteiger partial charge in [-0.2, -0.15) is 0 Å². The Kier molecular flexibility index (Phi) is 5.01. The Morgan fingerprint density at radius 3 is 2.70 bits per heavy atom. The molecule has 0 saturated heterocycles. The van der Waals surface area contributed by atoms with E-state index >= 15 is 0 Å². The quantitative estimate of drug-likeness (QED) is 0.856. The third-order valence-corrected chi connectivity index (χ3v) is 3.24. The highest BCUT2D eigenvalue weighted by Crippen LogP contribution is 2.21. The van der Waals surface area contributed by atoms with Gasteiger partial charge in [0.25, 0.3) is 0 Å². The molecule has 0 amide bonds. The predicted octanol–water partition coefficient (Wildman–Crippen LogP) is 3.75. The first-order valence-corrected chi connectivity index (χ1v) is 6.66. The van der Waals surface area contributed by atoms with E-state index in [9.17, 15) is 4.79 Å². The van der Waals surface area contributed by atoms with E-state index in [2.05, 4.69) is 0 Å². The van der Waals surface area contributed by atoms with Crippen molar-refractivity contribution in [3.05, 3.63) is 63.6 Å². The molecule has 0 fully saturated rings. The molecule has 0 aliphatic heterocycles. The monoisotopic (exact) mass is 310 g/mol. The minimum atomic E-state index is -0.257. The molecule has 0 radical (unpaired) electrons. The highest BCUT2D eigenvalue weighted by atomic mass is 35.5. The zero-order valence-electron chi connectivity index (χ0n) is 10.5. The van der Waals surface area contributed by atoms with Gasteiger partial charge in [-0.1, -0.05) is 35.3 Å². The van der Waals surface area contributed by atoms with Crippen LogP contribution in [0.5, 0.6) is 5.75 Å². The summed E-state index contributed by atoms with van der Waals surface area (Å²) in [5.74, 6) is 0.259. The lowest BCUT2D eigenvalue weighted by Crippen LogP contribution is -2.12. The fourth-order valence-corrected chi connectivity index (χ4v) is 2.07. The fourth-order valence-electron chi connectivity index (χ4n) is 1.67. The van der Waals surface area contributed by atoms with E-state index in [-0.39, 0.29) is 19.0 Å². The molecular formula is C15H12Cl2O3. The molecular weight excluding hydrogens is 299 g/mol.